The molecule has 0 aromatic heterocycles. The fourth-order valence-corrected chi connectivity index (χ4v) is 2.50. The SMILES string of the molecule is CC(C)(C)N1CC2CCNCC21. The van der Waals surface area contributed by atoms with E-state index in [9.17, 15) is 0 Å². The average Bonchev–Trinajstić information content (AvgIpc) is 1.88. The van der Waals surface area contributed by atoms with E-state index >= 15 is 0 Å². The largest absolute Gasteiger partial charge is 0.315 e. The summed E-state index contributed by atoms with van der Waals surface area (Å²) >= 11 is 0. The number of nitrogens with zero attached hydrogens (tertiary/aromatic N) is 1. The molecule has 2 unspecified atom stereocenters. The molecule has 0 aromatic carbocycles. The van der Waals surface area contributed by atoms with Gasteiger partial charge in [-0.2, -0.15) is 0 Å². The van der Waals surface area contributed by atoms with Gasteiger partial charge < -0.3 is 5.32 Å². The predicted octanol–water partition coefficient (Wildman–Crippen LogP) is 1.08. The number of hydrogen-bond donors (Lipinski definition) is 1. The Hall–Kier alpha value is -0.0800. The molecule has 2 aliphatic rings. The minimum atomic E-state index is 0.375. The molecule has 0 amide bonds. The summed E-state index contributed by atoms with van der Waals surface area (Å²) in [5.41, 5.74) is 0.375. The van der Waals surface area contributed by atoms with Crippen molar-refractivity contribution in [3.05, 3.63) is 0 Å². The van der Waals surface area contributed by atoms with Crippen molar-refractivity contribution in [1.29, 1.82) is 0 Å². The Morgan fingerprint density at radius 2 is 2.08 bits per heavy atom. The fraction of sp³-hybridized carbons (Fsp3) is 1.00. The Kier molecular flexibility index (Phi) is 1.92. The van der Waals surface area contributed by atoms with Gasteiger partial charge in [-0.3, -0.25) is 4.90 Å². The lowest BCUT2D eigenvalue weighted by Crippen LogP contribution is -2.68. The molecule has 0 spiro atoms. The standard InChI is InChI=1S/C10H20N2/c1-10(2,3)12-7-8-4-5-11-6-9(8)12/h8-9,11H,4-7H2,1-3H3. The van der Waals surface area contributed by atoms with Crippen molar-refractivity contribution < 1.29 is 0 Å². The molecule has 1 N–H and O–H groups in total. The minimum absolute atomic E-state index is 0.375. The van der Waals surface area contributed by atoms with Gasteiger partial charge in [-0.05, 0) is 39.7 Å². The number of piperidine rings is 1. The van der Waals surface area contributed by atoms with Crippen molar-refractivity contribution in [2.75, 3.05) is 19.6 Å². The first-order chi connectivity index (χ1) is 5.59. The van der Waals surface area contributed by atoms with Crippen molar-refractivity contribution in [3.8, 4) is 0 Å². The third-order valence-electron chi connectivity index (χ3n) is 3.28. The average molecular weight is 168 g/mol. The van der Waals surface area contributed by atoms with Crippen molar-refractivity contribution in [1.82, 2.24) is 10.2 Å². The zero-order valence-corrected chi connectivity index (χ0v) is 8.43. The van der Waals surface area contributed by atoms with Crippen LogP contribution in [0.4, 0.5) is 0 Å². The molecule has 70 valence electrons. The molecule has 0 radical (unpaired) electrons. The topological polar surface area (TPSA) is 15.3 Å². The maximum absolute atomic E-state index is 3.48. The molecule has 2 rings (SSSR count). The Morgan fingerprint density at radius 3 is 2.67 bits per heavy atom. The second kappa shape index (κ2) is 2.71. The van der Waals surface area contributed by atoms with Gasteiger partial charge in [0.2, 0.25) is 0 Å². The lowest BCUT2D eigenvalue weighted by Gasteiger charge is -2.57. The van der Waals surface area contributed by atoms with Gasteiger partial charge in [-0.25, -0.2) is 0 Å². The zero-order chi connectivity index (χ0) is 8.77. The van der Waals surface area contributed by atoms with Crippen LogP contribution >= 0.6 is 0 Å². The summed E-state index contributed by atoms with van der Waals surface area (Å²) in [4.78, 5) is 2.63. The van der Waals surface area contributed by atoms with Crippen LogP contribution in [0.1, 0.15) is 27.2 Å². The summed E-state index contributed by atoms with van der Waals surface area (Å²) in [6.07, 6.45) is 1.39. The van der Waals surface area contributed by atoms with Gasteiger partial charge in [0.1, 0.15) is 0 Å². The van der Waals surface area contributed by atoms with Crippen LogP contribution in [0.3, 0.4) is 0 Å². The monoisotopic (exact) mass is 168 g/mol. The molecule has 2 nitrogen and oxygen atoms in total. The van der Waals surface area contributed by atoms with E-state index in [0.717, 1.165) is 12.0 Å². The number of fused-ring (bicyclic) bond motifs is 1. The molecule has 2 heteroatoms. The molecule has 2 fully saturated rings. The van der Waals surface area contributed by atoms with E-state index in [1.54, 1.807) is 0 Å². The predicted molar refractivity (Wildman–Crippen MR) is 51.2 cm³/mol. The molecule has 0 bridgehead atoms. The summed E-state index contributed by atoms with van der Waals surface area (Å²) < 4.78 is 0. The third kappa shape index (κ3) is 1.27. The molecule has 0 aromatic rings. The molecule has 2 saturated heterocycles. The van der Waals surface area contributed by atoms with Crippen molar-refractivity contribution in [2.45, 2.75) is 38.8 Å². The highest BCUT2D eigenvalue weighted by Crippen LogP contribution is 2.35. The van der Waals surface area contributed by atoms with Gasteiger partial charge in [0.15, 0.2) is 0 Å². The number of likely N-dealkylation sites (tertiary alicyclic amines) is 1. The van der Waals surface area contributed by atoms with Crippen LogP contribution in [0.25, 0.3) is 0 Å². The number of nitrogens with one attached hydrogen (secondary N) is 1. The zero-order valence-electron chi connectivity index (χ0n) is 8.43. The van der Waals surface area contributed by atoms with Crippen LogP contribution in [-0.4, -0.2) is 36.1 Å². The first kappa shape index (κ1) is 8.52. The van der Waals surface area contributed by atoms with Crippen molar-refractivity contribution in [3.63, 3.8) is 0 Å². The number of hydrogen-bond acceptors (Lipinski definition) is 2. The van der Waals surface area contributed by atoms with Crippen molar-refractivity contribution in [2.24, 2.45) is 5.92 Å². The molecule has 12 heavy (non-hydrogen) atoms. The van der Waals surface area contributed by atoms with Gasteiger partial charge in [-0.15, -0.1) is 0 Å². The van der Waals surface area contributed by atoms with Gasteiger partial charge >= 0.3 is 0 Å². The Bertz CT molecular complexity index is 171. The molecule has 0 saturated carbocycles. The fourth-order valence-electron chi connectivity index (χ4n) is 2.50. The normalized spacial score (nSPS) is 37.2. The summed E-state index contributed by atoms with van der Waals surface area (Å²) in [6, 6.07) is 0.832. The Morgan fingerprint density at radius 1 is 1.33 bits per heavy atom. The van der Waals surface area contributed by atoms with E-state index in [4.69, 9.17) is 0 Å². The van der Waals surface area contributed by atoms with E-state index in [0.29, 0.717) is 5.54 Å². The maximum atomic E-state index is 3.48. The summed E-state index contributed by atoms with van der Waals surface area (Å²) in [5, 5.41) is 3.48. The van der Waals surface area contributed by atoms with Crippen LogP contribution in [0.2, 0.25) is 0 Å². The summed E-state index contributed by atoms with van der Waals surface area (Å²) in [5.74, 6) is 0.991. The van der Waals surface area contributed by atoms with Gasteiger partial charge in [0.25, 0.3) is 0 Å². The smallest absolute Gasteiger partial charge is 0.0266 e. The van der Waals surface area contributed by atoms with Gasteiger partial charge in [-0.1, -0.05) is 0 Å². The highest BCUT2D eigenvalue weighted by Gasteiger charge is 2.44. The molecular formula is C10H20N2. The van der Waals surface area contributed by atoms with Crippen molar-refractivity contribution >= 4 is 0 Å². The van der Waals surface area contributed by atoms with Crippen LogP contribution in [0.5, 0.6) is 0 Å². The third-order valence-corrected chi connectivity index (χ3v) is 3.28. The Labute approximate surface area is 75.3 Å². The summed E-state index contributed by atoms with van der Waals surface area (Å²) in [6.45, 7) is 10.7. The van der Waals surface area contributed by atoms with Crippen LogP contribution in [0, 0.1) is 5.92 Å². The highest BCUT2D eigenvalue weighted by molar-refractivity contribution is 5.00. The first-order valence-electron chi connectivity index (χ1n) is 5.06. The van der Waals surface area contributed by atoms with E-state index in [-0.39, 0.29) is 0 Å². The van der Waals surface area contributed by atoms with E-state index in [1.165, 1.54) is 26.1 Å². The van der Waals surface area contributed by atoms with Crippen LogP contribution < -0.4 is 5.32 Å². The quantitative estimate of drug-likeness (QED) is 0.582. The van der Waals surface area contributed by atoms with E-state index < -0.39 is 0 Å². The lowest BCUT2D eigenvalue weighted by atomic mass is 9.79. The van der Waals surface area contributed by atoms with E-state index in [2.05, 4.69) is 31.0 Å². The molecular weight excluding hydrogens is 148 g/mol. The second-order valence-electron chi connectivity index (χ2n) is 5.14. The van der Waals surface area contributed by atoms with Crippen LogP contribution in [0.15, 0.2) is 0 Å². The summed E-state index contributed by atoms with van der Waals surface area (Å²) in [7, 11) is 0. The van der Waals surface area contributed by atoms with Gasteiger partial charge in [0.05, 0.1) is 0 Å². The van der Waals surface area contributed by atoms with Crippen LogP contribution in [-0.2, 0) is 0 Å². The lowest BCUT2D eigenvalue weighted by molar-refractivity contribution is -0.0669. The van der Waals surface area contributed by atoms with Gasteiger partial charge in [0, 0.05) is 24.7 Å². The number of rotatable bonds is 0. The minimum Gasteiger partial charge on any atom is -0.315 e. The Balaban J connectivity index is 1.97. The molecule has 0 aliphatic carbocycles. The molecule has 2 atom stereocenters. The molecule has 2 heterocycles. The first-order valence-corrected chi connectivity index (χ1v) is 5.06. The maximum Gasteiger partial charge on any atom is 0.0266 e. The van der Waals surface area contributed by atoms with E-state index in [1.807, 2.05) is 0 Å². The second-order valence-corrected chi connectivity index (χ2v) is 5.14. The highest BCUT2D eigenvalue weighted by atomic mass is 15.3. The molecule has 2 aliphatic heterocycles.